The first-order valence-corrected chi connectivity index (χ1v) is 10.2. The number of carbonyl (C=O) groups is 1. The Bertz CT molecular complexity index is 596. The SMILES string of the molecule is CCN1CCCC1CNC(=NC)NCCCNC(=O)c1ccc(Br)cc1.I. The summed E-state index contributed by atoms with van der Waals surface area (Å²) in [5.74, 6) is 0.785. The zero-order valence-electron chi connectivity index (χ0n) is 16.1. The van der Waals surface area contributed by atoms with E-state index in [1.54, 1.807) is 7.05 Å². The molecule has 8 heteroatoms. The van der Waals surface area contributed by atoms with Gasteiger partial charge >= 0.3 is 0 Å². The predicted molar refractivity (Wildman–Crippen MR) is 126 cm³/mol. The Labute approximate surface area is 188 Å². The fraction of sp³-hybridized carbons (Fsp3) is 0.579. The molecule has 0 spiro atoms. The molecule has 1 aliphatic rings. The average Bonchev–Trinajstić information content (AvgIpc) is 3.12. The maximum absolute atomic E-state index is 12.0. The molecule has 0 bridgehead atoms. The van der Waals surface area contributed by atoms with E-state index < -0.39 is 0 Å². The molecule has 1 aromatic rings. The van der Waals surface area contributed by atoms with E-state index in [1.807, 2.05) is 24.3 Å². The first-order chi connectivity index (χ1) is 12.6. The lowest BCUT2D eigenvalue weighted by Gasteiger charge is -2.24. The number of guanidine groups is 1. The minimum absolute atomic E-state index is 0. The minimum atomic E-state index is -0.0408. The van der Waals surface area contributed by atoms with Crippen LogP contribution in [0.15, 0.2) is 33.7 Å². The fourth-order valence-electron chi connectivity index (χ4n) is 3.18. The van der Waals surface area contributed by atoms with Crippen LogP contribution in [0.2, 0.25) is 0 Å². The van der Waals surface area contributed by atoms with Gasteiger partial charge in [0.2, 0.25) is 0 Å². The van der Waals surface area contributed by atoms with Crippen molar-refractivity contribution in [2.45, 2.75) is 32.2 Å². The molecular formula is C19H31BrIN5O. The number of nitrogens with one attached hydrogen (secondary N) is 3. The Morgan fingerprint density at radius 2 is 1.93 bits per heavy atom. The van der Waals surface area contributed by atoms with Crippen LogP contribution in [-0.4, -0.2) is 62.6 Å². The number of nitrogens with zero attached hydrogens (tertiary/aromatic N) is 2. The number of likely N-dealkylation sites (N-methyl/N-ethyl adjacent to an activating group) is 1. The lowest BCUT2D eigenvalue weighted by atomic mass is 10.2. The maximum atomic E-state index is 12.0. The number of carbonyl (C=O) groups excluding carboxylic acids is 1. The zero-order chi connectivity index (χ0) is 18.8. The molecule has 1 aromatic carbocycles. The number of aliphatic imine (C=N–C) groups is 1. The van der Waals surface area contributed by atoms with Crippen molar-refractivity contribution in [3.63, 3.8) is 0 Å². The van der Waals surface area contributed by atoms with E-state index in [2.05, 4.69) is 48.7 Å². The summed E-state index contributed by atoms with van der Waals surface area (Å²) < 4.78 is 0.969. The van der Waals surface area contributed by atoms with E-state index >= 15 is 0 Å². The van der Waals surface area contributed by atoms with E-state index in [9.17, 15) is 4.79 Å². The second-order valence-corrected chi connectivity index (χ2v) is 7.34. The molecule has 152 valence electrons. The number of hydrogen-bond donors (Lipinski definition) is 3. The van der Waals surface area contributed by atoms with Gasteiger partial charge in [-0.1, -0.05) is 22.9 Å². The van der Waals surface area contributed by atoms with E-state index in [4.69, 9.17) is 0 Å². The highest BCUT2D eigenvalue weighted by atomic mass is 127. The fourth-order valence-corrected chi connectivity index (χ4v) is 3.44. The molecule has 6 nitrogen and oxygen atoms in total. The molecule has 0 aromatic heterocycles. The average molecular weight is 552 g/mol. The van der Waals surface area contributed by atoms with E-state index in [-0.39, 0.29) is 29.9 Å². The Morgan fingerprint density at radius 1 is 1.22 bits per heavy atom. The first kappa shape index (κ1) is 24.2. The second kappa shape index (κ2) is 13.3. The van der Waals surface area contributed by atoms with Crippen LogP contribution in [0.3, 0.4) is 0 Å². The minimum Gasteiger partial charge on any atom is -0.356 e. The van der Waals surface area contributed by atoms with Gasteiger partial charge in [-0.3, -0.25) is 14.7 Å². The highest BCUT2D eigenvalue weighted by Crippen LogP contribution is 2.15. The summed E-state index contributed by atoms with van der Waals surface area (Å²) in [5.41, 5.74) is 0.677. The quantitative estimate of drug-likeness (QED) is 0.201. The van der Waals surface area contributed by atoms with Gasteiger partial charge in [-0.05, 0) is 56.6 Å². The Morgan fingerprint density at radius 3 is 2.59 bits per heavy atom. The molecule has 2 rings (SSSR count). The van der Waals surface area contributed by atoms with Gasteiger partial charge in [0.15, 0.2) is 5.96 Å². The highest BCUT2D eigenvalue weighted by molar-refractivity contribution is 14.0. The predicted octanol–water partition coefficient (Wildman–Crippen LogP) is 2.84. The van der Waals surface area contributed by atoms with Crippen LogP contribution >= 0.6 is 39.9 Å². The van der Waals surface area contributed by atoms with E-state index in [1.165, 1.54) is 19.4 Å². The van der Waals surface area contributed by atoms with Crippen molar-refractivity contribution in [2.75, 3.05) is 39.8 Å². The summed E-state index contributed by atoms with van der Waals surface area (Å²) in [6.07, 6.45) is 3.37. The van der Waals surface area contributed by atoms with Crippen molar-refractivity contribution in [2.24, 2.45) is 4.99 Å². The van der Waals surface area contributed by atoms with Gasteiger partial charge in [0.1, 0.15) is 0 Å². The van der Waals surface area contributed by atoms with Crippen LogP contribution in [0.25, 0.3) is 0 Å². The third-order valence-corrected chi connectivity index (χ3v) is 5.20. The Balaban J connectivity index is 0.00000364. The number of benzene rings is 1. The largest absolute Gasteiger partial charge is 0.356 e. The van der Waals surface area contributed by atoms with Gasteiger partial charge in [-0.15, -0.1) is 24.0 Å². The zero-order valence-corrected chi connectivity index (χ0v) is 20.0. The molecule has 1 heterocycles. The highest BCUT2D eigenvalue weighted by Gasteiger charge is 2.22. The van der Waals surface area contributed by atoms with E-state index in [0.29, 0.717) is 18.2 Å². The van der Waals surface area contributed by atoms with Crippen molar-refractivity contribution in [1.29, 1.82) is 0 Å². The van der Waals surface area contributed by atoms with Gasteiger partial charge in [0.05, 0.1) is 0 Å². The third kappa shape index (κ3) is 8.35. The summed E-state index contributed by atoms with van der Waals surface area (Å²) >= 11 is 3.37. The number of hydrogen-bond acceptors (Lipinski definition) is 3. The summed E-state index contributed by atoms with van der Waals surface area (Å²) in [6.45, 7) is 6.85. The lowest BCUT2D eigenvalue weighted by Crippen LogP contribution is -2.45. The molecule has 1 fully saturated rings. The summed E-state index contributed by atoms with van der Waals surface area (Å²) in [5, 5.41) is 9.66. The smallest absolute Gasteiger partial charge is 0.251 e. The standard InChI is InChI=1S/C19H30BrN5O.HI/c1-3-25-13-4-6-17(25)14-24-19(21-2)23-12-5-11-22-18(26)15-7-9-16(20)10-8-15;/h7-10,17H,3-6,11-14H2,1-2H3,(H,22,26)(H2,21,23,24);1H. The molecule has 1 aliphatic heterocycles. The lowest BCUT2D eigenvalue weighted by molar-refractivity contribution is 0.0953. The van der Waals surface area contributed by atoms with Gasteiger partial charge in [0, 0.05) is 42.8 Å². The Hall–Kier alpha value is -0.870. The number of likely N-dealkylation sites (tertiary alicyclic amines) is 1. The molecule has 1 unspecified atom stereocenters. The van der Waals surface area contributed by atoms with Crippen molar-refractivity contribution in [1.82, 2.24) is 20.9 Å². The first-order valence-electron chi connectivity index (χ1n) is 9.36. The van der Waals surface area contributed by atoms with Crippen molar-refractivity contribution < 1.29 is 4.79 Å². The van der Waals surface area contributed by atoms with Crippen LogP contribution in [0, 0.1) is 0 Å². The summed E-state index contributed by atoms with van der Waals surface area (Å²) in [6, 6.07) is 7.97. The molecule has 1 amide bonds. The van der Waals surface area contributed by atoms with Crippen LogP contribution in [0.5, 0.6) is 0 Å². The molecule has 0 aliphatic carbocycles. The van der Waals surface area contributed by atoms with Crippen LogP contribution in [0.1, 0.15) is 36.5 Å². The van der Waals surface area contributed by atoms with Gasteiger partial charge < -0.3 is 16.0 Å². The van der Waals surface area contributed by atoms with Crippen molar-refractivity contribution in [3.8, 4) is 0 Å². The Kier molecular flexibility index (Phi) is 11.9. The topological polar surface area (TPSA) is 68.8 Å². The molecule has 27 heavy (non-hydrogen) atoms. The molecule has 1 saturated heterocycles. The van der Waals surface area contributed by atoms with Crippen LogP contribution in [0.4, 0.5) is 0 Å². The molecule has 1 atom stereocenters. The van der Waals surface area contributed by atoms with Gasteiger partial charge in [-0.2, -0.15) is 0 Å². The van der Waals surface area contributed by atoms with Crippen molar-refractivity contribution >= 4 is 51.8 Å². The summed E-state index contributed by atoms with van der Waals surface area (Å²) in [4.78, 5) is 18.8. The summed E-state index contributed by atoms with van der Waals surface area (Å²) in [7, 11) is 1.79. The maximum Gasteiger partial charge on any atom is 0.251 e. The molecule has 3 N–H and O–H groups in total. The molecular weight excluding hydrogens is 521 g/mol. The number of rotatable bonds is 8. The van der Waals surface area contributed by atoms with E-state index in [0.717, 1.165) is 36.5 Å². The van der Waals surface area contributed by atoms with Crippen LogP contribution < -0.4 is 16.0 Å². The van der Waals surface area contributed by atoms with Gasteiger partial charge in [-0.25, -0.2) is 0 Å². The second-order valence-electron chi connectivity index (χ2n) is 6.42. The number of amides is 1. The van der Waals surface area contributed by atoms with Crippen LogP contribution in [-0.2, 0) is 0 Å². The monoisotopic (exact) mass is 551 g/mol. The third-order valence-electron chi connectivity index (χ3n) is 4.67. The van der Waals surface area contributed by atoms with Crippen molar-refractivity contribution in [3.05, 3.63) is 34.3 Å². The van der Waals surface area contributed by atoms with Gasteiger partial charge in [0.25, 0.3) is 5.91 Å². The molecule has 0 radical (unpaired) electrons. The molecule has 0 saturated carbocycles. The number of halogens is 2. The normalized spacial score (nSPS) is 17.3.